The highest BCUT2D eigenvalue weighted by atomic mass is 35.5. The first-order chi connectivity index (χ1) is 19.0. The van der Waals surface area contributed by atoms with Crippen LogP contribution in [0.3, 0.4) is 0 Å². The molecule has 0 radical (unpaired) electrons. The summed E-state index contributed by atoms with van der Waals surface area (Å²) in [6.07, 6.45) is -4.64. The highest BCUT2D eigenvalue weighted by Crippen LogP contribution is 2.54. The highest BCUT2D eigenvalue weighted by molar-refractivity contribution is 8.00. The number of hydrogen-bond donors (Lipinski definition) is 0. The molecule has 2 aliphatic heterocycles. The van der Waals surface area contributed by atoms with Gasteiger partial charge in [-0.2, -0.15) is 13.2 Å². The topological polar surface area (TPSA) is 59.4 Å². The minimum atomic E-state index is -4.64. The fraction of sp³-hybridized carbons (Fsp3) is 0.179. The molecule has 1 fully saturated rings. The molecule has 1 aromatic heterocycles. The Morgan fingerprint density at radius 3 is 2.15 bits per heavy atom. The average molecular weight is 621 g/mol. The number of rotatable bonds is 4. The number of fused-ring (bicyclic) bond motifs is 2. The summed E-state index contributed by atoms with van der Waals surface area (Å²) in [5.41, 5.74) is 0.389. The van der Waals surface area contributed by atoms with E-state index in [1.165, 1.54) is 12.1 Å². The second-order valence-corrected chi connectivity index (χ2v) is 12.4. The average Bonchev–Trinajstić information content (AvgIpc) is 3.36. The van der Waals surface area contributed by atoms with E-state index in [2.05, 4.69) is 0 Å². The number of amides is 2. The summed E-state index contributed by atoms with van der Waals surface area (Å²) in [5.74, 6) is -2.84. The van der Waals surface area contributed by atoms with Crippen LogP contribution in [0, 0.1) is 5.92 Å². The van der Waals surface area contributed by atoms with Crippen LogP contribution >= 0.6 is 46.3 Å². The molecule has 0 saturated carbocycles. The summed E-state index contributed by atoms with van der Waals surface area (Å²) in [4.78, 5) is 42.1. The number of hydrogen-bond acceptors (Lipinski definition) is 5. The summed E-state index contributed by atoms with van der Waals surface area (Å²) in [6.45, 7) is 0.221. The number of thioether (sulfide) groups is 1. The van der Waals surface area contributed by atoms with Gasteiger partial charge >= 0.3 is 11.0 Å². The standard InChI is InChI=1S/C28H17Cl2F3N2O3S2/c29-17-8-4-14(5-9-17)13-34-26-23(40-27(34)38)20(15-6-10-18(30)11-7-15)21-22(39-26)25(37)35(24(21)36)19-3-1-2-16(12-19)28(31,32)33/h1-12,20-22H,13H2. The molecular formula is C28H17Cl2F3N2O3S2. The van der Waals surface area contributed by atoms with Crippen LogP contribution in [0.4, 0.5) is 18.9 Å². The van der Waals surface area contributed by atoms with Gasteiger partial charge in [-0.1, -0.05) is 76.6 Å². The normalized spacial score (nSPS) is 20.5. The summed E-state index contributed by atoms with van der Waals surface area (Å²) in [6, 6.07) is 18.0. The molecule has 204 valence electrons. The summed E-state index contributed by atoms with van der Waals surface area (Å²) in [7, 11) is 0. The van der Waals surface area contributed by atoms with Crippen molar-refractivity contribution in [1.82, 2.24) is 4.57 Å². The van der Waals surface area contributed by atoms with Gasteiger partial charge in [0.2, 0.25) is 11.8 Å². The molecule has 1 saturated heterocycles. The summed E-state index contributed by atoms with van der Waals surface area (Å²) >= 11 is 14.2. The largest absolute Gasteiger partial charge is 0.416 e. The first kappa shape index (κ1) is 27.1. The molecular weight excluding hydrogens is 604 g/mol. The Hall–Kier alpha value is -3.05. The number of carbonyl (C=O) groups excluding carboxylic acids is 2. The number of nitrogens with zero attached hydrogens (tertiary/aromatic N) is 2. The smallest absolute Gasteiger partial charge is 0.289 e. The Morgan fingerprint density at radius 2 is 1.50 bits per heavy atom. The Kier molecular flexibility index (Phi) is 6.85. The van der Waals surface area contributed by atoms with Gasteiger partial charge in [-0.25, -0.2) is 4.90 Å². The predicted octanol–water partition coefficient (Wildman–Crippen LogP) is 7.08. The van der Waals surface area contributed by atoms with Crippen LogP contribution < -0.4 is 9.77 Å². The van der Waals surface area contributed by atoms with Gasteiger partial charge in [0.1, 0.15) is 5.25 Å². The summed E-state index contributed by atoms with van der Waals surface area (Å²) in [5, 5.41) is 0.630. The van der Waals surface area contributed by atoms with Crippen molar-refractivity contribution in [1.29, 1.82) is 0 Å². The molecule has 4 aromatic rings. The molecule has 2 amide bonds. The number of alkyl halides is 3. The van der Waals surface area contributed by atoms with Crippen LogP contribution in [0.5, 0.6) is 0 Å². The van der Waals surface area contributed by atoms with E-state index in [0.29, 0.717) is 25.5 Å². The van der Waals surface area contributed by atoms with Crippen LogP contribution in [0.2, 0.25) is 10.0 Å². The molecule has 5 nitrogen and oxygen atoms in total. The fourth-order valence-corrected chi connectivity index (χ4v) is 8.16. The third-order valence-electron chi connectivity index (χ3n) is 6.96. The van der Waals surface area contributed by atoms with Gasteiger partial charge in [0.15, 0.2) is 0 Å². The zero-order chi connectivity index (χ0) is 28.3. The zero-order valence-electron chi connectivity index (χ0n) is 20.2. The second-order valence-electron chi connectivity index (χ2n) is 9.40. The molecule has 3 heterocycles. The van der Waals surface area contributed by atoms with Crippen LogP contribution in [0.1, 0.15) is 27.5 Å². The van der Waals surface area contributed by atoms with Gasteiger partial charge < -0.3 is 0 Å². The molecule has 0 bridgehead atoms. The van der Waals surface area contributed by atoms with Crippen LogP contribution in [0.25, 0.3) is 0 Å². The molecule has 3 atom stereocenters. The third kappa shape index (κ3) is 4.66. The number of imide groups is 1. The molecule has 12 heteroatoms. The minimum absolute atomic E-state index is 0.142. The molecule has 3 unspecified atom stereocenters. The van der Waals surface area contributed by atoms with E-state index >= 15 is 0 Å². The molecule has 2 aliphatic rings. The molecule has 6 rings (SSSR count). The van der Waals surface area contributed by atoms with Crippen LogP contribution in [-0.2, 0) is 22.3 Å². The molecule has 40 heavy (non-hydrogen) atoms. The van der Waals surface area contributed by atoms with Crippen molar-refractivity contribution in [3.05, 3.63) is 114 Å². The number of carbonyl (C=O) groups is 2. The van der Waals surface area contributed by atoms with E-state index in [1.807, 2.05) is 0 Å². The van der Waals surface area contributed by atoms with E-state index in [4.69, 9.17) is 23.2 Å². The maximum absolute atomic E-state index is 13.9. The van der Waals surface area contributed by atoms with E-state index in [0.717, 1.165) is 45.7 Å². The van der Waals surface area contributed by atoms with Crippen molar-refractivity contribution in [2.75, 3.05) is 4.90 Å². The van der Waals surface area contributed by atoms with Gasteiger partial charge in [-0.05, 0) is 53.6 Å². The van der Waals surface area contributed by atoms with Crippen molar-refractivity contribution >= 4 is 63.8 Å². The highest BCUT2D eigenvalue weighted by Gasteiger charge is 2.57. The zero-order valence-corrected chi connectivity index (χ0v) is 23.3. The lowest BCUT2D eigenvalue weighted by Crippen LogP contribution is -2.32. The molecule has 3 aromatic carbocycles. The molecule has 0 aliphatic carbocycles. The second kappa shape index (κ2) is 10.1. The lowest BCUT2D eigenvalue weighted by Gasteiger charge is -2.30. The van der Waals surface area contributed by atoms with Crippen molar-refractivity contribution < 1.29 is 22.8 Å². The Morgan fingerprint density at radius 1 is 0.850 bits per heavy atom. The Labute approximate surface area is 244 Å². The lowest BCUT2D eigenvalue weighted by molar-refractivity contribution is -0.137. The minimum Gasteiger partial charge on any atom is -0.289 e. The third-order valence-corrected chi connectivity index (χ3v) is 10.1. The van der Waals surface area contributed by atoms with E-state index in [-0.39, 0.29) is 17.1 Å². The van der Waals surface area contributed by atoms with Crippen molar-refractivity contribution in [2.24, 2.45) is 5.92 Å². The Bertz CT molecular complexity index is 1700. The van der Waals surface area contributed by atoms with Gasteiger partial charge in [0.25, 0.3) is 0 Å². The molecule has 0 N–H and O–H groups in total. The quantitative estimate of drug-likeness (QED) is 0.229. The van der Waals surface area contributed by atoms with Crippen LogP contribution in [-0.4, -0.2) is 21.6 Å². The lowest BCUT2D eigenvalue weighted by atomic mass is 9.83. The maximum atomic E-state index is 13.9. The first-order valence-corrected chi connectivity index (χ1v) is 14.4. The monoisotopic (exact) mass is 620 g/mol. The van der Waals surface area contributed by atoms with Crippen molar-refractivity contribution in [3.8, 4) is 0 Å². The number of anilines is 1. The number of benzene rings is 3. The van der Waals surface area contributed by atoms with Gasteiger partial charge in [0.05, 0.1) is 28.7 Å². The van der Waals surface area contributed by atoms with Gasteiger partial charge in [-0.15, -0.1) is 0 Å². The Balaban J connectivity index is 1.47. The van der Waals surface area contributed by atoms with Crippen molar-refractivity contribution in [3.63, 3.8) is 0 Å². The van der Waals surface area contributed by atoms with Crippen molar-refractivity contribution in [2.45, 2.75) is 28.9 Å². The number of aromatic nitrogens is 1. The van der Waals surface area contributed by atoms with E-state index in [9.17, 15) is 27.6 Å². The summed E-state index contributed by atoms with van der Waals surface area (Å²) < 4.78 is 41.9. The van der Waals surface area contributed by atoms with E-state index < -0.39 is 40.6 Å². The van der Waals surface area contributed by atoms with Gasteiger partial charge in [0, 0.05) is 20.8 Å². The fourth-order valence-electron chi connectivity index (χ4n) is 5.13. The predicted molar refractivity (Wildman–Crippen MR) is 149 cm³/mol. The van der Waals surface area contributed by atoms with E-state index in [1.54, 1.807) is 53.1 Å². The maximum Gasteiger partial charge on any atom is 0.416 e. The number of halogens is 5. The first-order valence-electron chi connectivity index (χ1n) is 12.0. The number of thiazole rings is 1. The SMILES string of the molecule is O=C1C2Sc3c(sc(=O)n3Cc3ccc(Cl)cc3)C(c3ccc(Cl)cc3)C2C(=O)N1c1cccc(C(F)(F)F)c1. The molecule has 0 spiro atoms. The van der Waals surface area contributed by atoms with Gasteiger partial charge in [-0.3, -0.25) is 19.0 Å². The van der Waals surface area contributed by atoms with Crippen LogP contribution in [0.15, 0.2) is 82.6 Å².